The molecule has 3 heteroatoms. The van der Waals surface area contributed by atoms with Crippen LogP contribution in [-0.4, -0.2) is 35.6 Å². The Hall–Kier alpha value is -0.570. The minimum atomic E-state index is -0.676. The Morgan fingerprint density at radius 2 is 1.88 bits per heavy atom. The SMILES string of the molecule is CC1CCN(CCC(C)(C)CCC(=O)O)CC1. The summed E-state index contributed by atoms with van der Waals surface area (Å²) >= 11 is 0. The topological polar surface area (TPSA) is 40.5 Å². The highest BCUT2D eigenvalue weighted by molar-refractivity contribution is 5.66. The first-order chi connectivity index (χ1) is 7.89. The van der Waals surface area contributed by atoms with Gasteiger partial charge in [0.25, 0.3) is 0 Å². The Morgan fingerprint density at radius 1 is 1.29 bits per heavy atom. The molecule has 1 N–H and O–H groups in total. The van der Waals surface area contributed by atoms with Crippen molar-refractivity contribution in [3.63, 3.8) is 0 Å². The monoisotopic (exact) mass is 241 g/mol. The van der Waals surface area contributed by atoms with Gasteiger partial charge in [-0.2, -0.15) is 0 Å². The molecule has 0 bridgehead atoms. The molecule has 0 unspecified atom stereocenters. The lowest BCUT2D eigenvalue weighted by molar-refractivity contribution is -0.137. The third kappa shape index (κ3) is 6.06. The van der Waals surface area contributed by atoms with E-state index in [-0.39, 0.29) is 5.41 Å². The van der Waals surface area contributed by atoms with Crippen LogP contribution in [0.5, 0.6) is 0 Å². The summed E-state index contributed by atoms with van der Waals surface area (Å²) in [4.78, 5) is 13.1. The average Bonchev–Trinajstić information content (AvgIpc) is 2.26. The minimum Gasteiger partial charge on any atom is -0.481 e. The third-order valence-corrected chi connectivity index (χ3v) is 4.00. The summed E-state index contributed by atoms with van der Waals surface area (Å²) in [5.74, 6) is 0.205. The van der Waals surface area contributed by atoms with Gasteiger partial charge in [0, 0.05) is 6.42 Å². The van der Waals surface area contributed by atoms with Gasteiger partial charge < -0.3 is 10.0 Å². The average molecular weight is 241 g/mol. The van der Waals surface area contributed by atoms with E-state index >= 15 is 0 Å². The molecule has 1 saturated heterocycles. The van der Waals surface area contributed by atoms with Crippen molar-refractivity contribution in [2.75, 3.05) is 19.6 Å². The Morgan fingerprint density at radius 3 is 2.41 bits per heavy atom. The summed E-state index contributed by atoms with van der Waals surface area (Å²) in [5, 5.41) is 8.71. The van der Waals surface area contributed by atoms with Crippen molar-refractivity contribution in [2.45, 2.75) is 52.9 Å². The van der Waals surface area contributed by atoms with Crippen LogP contribution in [0.1, 0.15) is 52.9 Å². The number of aliphatic carboxylic acids is 1. The number of piperidine rings is 1. The zero-order valence-corrected chi connectivity index (χ0v) is 11.5. The number of hydrogen-bond acceptors (Lipinski definition) is 2. The number of carboxylic acids is 1. The van der Waals surface area contributed by atoms with Crippen LogP contribution in [0.25, 0.3) is 0 Å². The van der Waals surface area contributed by atoms with Gasteiger partial charge >= 0.3 is 5.97 Å². The van der Waals surface area contributed by atoms with E-state index < -0.39 is 5.97 Å². The normalized spacial score (nSPS) is 19.5. The lowest BCUT2D eigenvalue weighted by Crippen LogP contribution is -2.35. The Balaban J connectivity index is 2.21. The third-order valence-electron chi connectivity index (χ3n) is 4.00. The number of likely N-dealkylation sites (tertiary alicyclic amines) is 1. The lowest BCUT2D eigenvalue weighted by atomic mass is 9.84. The smallest absolute Gasteiger partial charge is 0.303 e. The van der Waals surface area contributed by atoms with Crippen LogP contribution in [-0.2, 0) is 4.79 Å². The molecule has 1 aliphatic rings. The molecule has 1 heterocycles. The van der Waals surface area contributed by atoms with E-state index in [0.717, 1.165) is 25.3 Å². The fourth-order valence-corrected chi connectivity index (χ4v) is 2.32. The summed E-state index contributed by atoms with van der Waals surface area (Å²) in [6, 6.07) is 0. The van der Waals surface area contributed by atoms with Crippen LogP contribution < -0.4 is 0 Å². The van der Waals surface area contributed by atoms with E-state index in [1.54, 1.807) is 0 Å². The Labute approximate surface area is 105 Å². The van der Waals surface area contributed by atoms with Crippen LogP contribution in [0.2, 0.25) is 0 Å². The molecule has 0 saturated carbocycles. The highest BCUT2D eigenvalue weighted by Gasteiger charge is 2.22. The molecule has 0 radical (unpaired) electrons. The molecule has 0 aromatic carbocycles. The van der Waals surface area contributed by atoms with E-state index in [1.807, 2.05) is 0 Å². The largest absolute Gasteiger partial charge is 0.481 e. The van der Waals surface area contributed by atoms with Crippen LogP contribution in [0.3, 0.4) is 0 Å². The molecule has 0 aromatic rings. The first-order valence-electron chi connectivity index (χ1n) is 6.83. The second-order valence-electron chi connectivity index (χ2n) is 6.33. The molecule has 1 rings (SSSR count). The van der Waals surface area contributed by atoms with Crippen molar-refractivity contribution in [1.29, 1.82) is 0 Å². The summed E-state index contributed by atoms with van der Waals surface area (Å²) in [6.07, 6.45) is 4.82. The molecule has 0 amide bonds. The second kappa shape index (κ2) is 6.39. The van der Waals surface area contributed by atoms with E-state index in [4.69, 9.17) is 5.11 Å². The molecule has 1 aliphatic heterocycles. The number of hydrogen-bond donors (Lipinski definition) is 1. The lowest BCUT2D eigenvalue weighted by Gasteiger charge is -2.33. The van der Waals surface area contributed by atoms with Crippen molar-refractivity contribution < 1.29 is 9.90 Å². The van der Waals surface area contributed by atoms with Crippen LogP contribution in [0, 0.1) is 11.3 Å². The zero-order chi connectivity index (χ0) is 12.9. The summed E-state index contributed by atoms with van der Waals surface area (Å²) in [7, 11) is 0. The summed E-state index contributed by atoms with van der Waals surface area (Å²) < 4.78 is 0. The number of carbonyl (C=O) groups is 1. The van der Waals surface area contributed by atoms with E-state index in [0.29, 0.717) is 6.42 Å². The predicted octanol–water partition coefficient (Wildman–Crippen LogP) is 3.00. The van der Waals surface area contributed by atoms with Crippen LogP contribution in [0.15, 0.2) is 0 Å². The maximum atomic E-state index is 10.6. The van der Waals surface area contributed by atoms with Crippen molar-refractivity contribution in [3.05, 3.63) is 0 Å². The highest BCUT2D eigenvalue weighted by Crippen LogP contribution is 2.28. The Kier molecular flexibility index (Phi) is 5.44. The molecule has 17 heavy (non-hydrogen) atoms. The van der Waals surface area contributed by atoms with Gasteiger partial charge in [-0.1, -0.05) is 20.8 Å². The minimum absolute atomic E-state index is 0.154. The quantitative estimate of drug-likeness (QED) is 0.777. The maximum Gasteiger partial charge on any atom is 0.303 e. The standard InChI is InChI=1S/C14H27NO2/c1-12-5-9-15(10-6-12)11-8-14(2,3)7-4-13(16)17/h12H,4-11H2,1-3H3,(H,16,17). The summed E-state index contributed by atoms with van der Waals surface area (Å²) in [5.41, 5.74) is 0.154. The van der Waals surface area contributed by atoms with Crippen molar-refractivity contribution in [1.82, 2.24) is 4.90 Å². The number of carboxylic acid groups (broad SMARTS) is 1. The van der Waals surface area contributed by atoms with Gasteiger partial charge in [-0.15, -0.1) is 0 Å². The van der Waals surface area contributed by atoms with Crippen LogP contribution in [0.4, 0.5) is 0 Å². The fourth-order valence-electron chi connectivity index (χ4n) is 2.32. The van der Waals surface area contributed by atoms with E-state index in [2.05, 4.69) is 25.7 Å². The molecule has 0 atom stereocenters. The van der Waals surface area contributed by atoms with Gasteiger partial charge in [0.15, 0.2) is 0 Å². The molecule has 1 fully saturated rings. The van der Waals surface area contributed by atoms with Crippen LogP contribution >= 0.6 is 0 Å². The first kappa shape index (κ1) is 14.5. The molecule has 0 aromatic heterocycles. The van der Waals surface area contributed by atoms with E-state index in [9.17, 15) is 4.79 Å². The van der Waals surface area contributed by atoms with Gasteiger partial charge in [0.05, 0.1) is 0 Å². The predicted molar refractivity (Wildman–Crippen MR) is 70.1 cm³/mol. The molecule has 0 aliphatic carbocycles. The zero-order valence-electron chi connectivity index (χ0n) is 11.5. The van der Waals surface area contributed by atoms with Crippen molar-refractivity contribution in [3.8, 4) is 0 Å². The molecular weight excluding hydrogens is 214 g/mol. The van der Waals surface area contributed by atoms with Gasteiger partial charge in [-0.05, 0) is 56.7 Å². The highest BCUT2D eigenvalue weighted by atomic mass is 16.4. The number of rotatable bonds is 6. The Bertz CT molecular complexity index is 243. The van der Waals surface area contributed by atoms with Gasteiger partial charge in [-0.25, -0.2) is 0 Å². The maximum absolute atomic E-state index is 10.6. The van der Waals surface area contributed by atoms with Crippen molar-refractivity contribution in [2.24, 2.45) is 11.3 Å². The molecule has 100 valence electrons. The van der Waals surface area contributed by atoms with Gasteiger partial charge in [0.1, 0.15) is 0 Å². The second-order valence-corrected chi connectivity index (χ2v) is 6.33. The van der Waals surface area contributed by atoms with Gasteiger partial charge in [0.2, 0.25) is 0 Å². The fraction of sp³-hybridized carbons (Fsp3) is 0.929. The molecule has 3 nitrogen and oxygen atoms in total. The number of nitrogens with zero attached hydrogens (tertiary/aromatic N) is 1. The van der Waals surface area contributed by atoms with Crippen molar-refractivity contribution >= 4 is 5.97 Å². The first-order valence-corrected chi connectivity index (χ1v) is 6.83. The van der Waals surface area contributed by atoms with E-state index in [1.165, 1.54) is 25.9 Å². The molecular formula is C14H27NO2. The van der Waals surface area contributed by atoms with Gasteiger partial charge in [-0.3, -0.25) is 4.79 Å². The summed E-state index contributed by atoms with van der Waals surface area (Å²) in [6.45, 7) is 10.3. The molecule has 0 spiro atoms.